The lowest BCUT2D eigenvalue weighted by Gasteiger charge is -2.24. The molecule has 0 saturated heterocycles. The van der Waals surface area contributed by atoms with Gasteiger partial charge in [0.2, 0.25) is 5.91 Å². The maximum Gasteiger partial charge on any atom is 0.323 e. The standard InChI is InChI=1S/C27H24Cl2FNO4/c1-27(13-17-5-8-20(28)9-6-17)14-19-11-18(7-10-24(19)35-27)12-25(32)31(16-26(33)34)15-21-22(29)3-2-4-23(21)30/h2-11H,12-16H2,1H3,(H,33,34)/t27-/m1/s1. The van der Waals surface area contributed by atoms with Gasteiger partial charge in [0, 0.05) is 28.5 Å². The molecule has 1 atom stereocenters. The highest BCUT2D eigenvalue weighted by atomic mass is 35.5. The number of hydrogen-bond acceptors (Lipinski definition) is 3. The van der Waals surface area contributed by atoms with Crippen LogP contribution < -0.4 is 4.74 Å². The average Bonchev–Trinajstić information content (AvgIpc) is 3.12. The summed E-state index contributed by atoms with van der Waals surface area (Å²) in [7, 11) is 0. The third-order valence-electron chi connectivity index (χ3n) is 5.98. The van der Waals surface area contributed by atoms with Crippen LogP contribution in [0.1, 0.15) is 29.2 Å². The molecule has 5 nitrogen and oxygen atoms in total. The van der Waals surface area contributed by atoms with Crippen LogP contribution in [0.5, 0.6) is 5.75 Å². The Morgan fingerprint density at radius 3 is 2.49 bits per heavy atom. The van der Waals surface area contributed by atoms with Crippen molar-refractivity contribution in [3.63, 3.8) is 0 Å². The van der Waals surface area contributed by atoms with Crippen LogP contribution in [0.3, 0.4) is 0 Å². The van der Waals surface area contributed by atoms with Crippen molar-refractivity contribution >= 4 is 35.1 Å². The molecular weight excluding hydrogens is 492 g/mol. The van der Waals surface area contributed by atoms with Crippen LogP contribution >= 0.6 is 23.2 Å². The summed E-state index contributed by atoms with van der Waals surface area (Å²) < 4.78 is 20.5. The summed E-state index contributed by atoms with van der Waals surface area (Å²) in [6.45, 7) is 1.25. The number of carboxylic acids is 1. The number of carbonyl (C=O) groups excluding carboxylic acids is 1. The van der Waals surface area contributed by atoms with Crippen LogP contribution in [0.4, 0.5) is 4.39 Å². The number of fused-ring (bicyclic) bond motifs is 1. The van der Waals surface area contributed by atoms with E-state index in [0.717, 1.165) is 27.3 Å². The molecule has 0 aromatic heterocycles. The summed E-state index contributed by atoms with van der Waals surface area (Å²) in [5, 5.41) is 10.1. The van der Waals surface area contributed by atoms with Gasteiger partial charge < -0.3 is 14.7 Å². The van der Waals surface area contributed by atoms with Crippen molar-refractivity contribution in [2.75, 3.05) is 6.54 Å². The fraction of sp³-hybridized carbons (Fsp3) is 0.259. The molecule has 1 heterocycles. The molecule has 4 rings (SSSR count). The minimum Gasteiger partial charge on any atom is -0.487 e. The summed E-state index contributed by atoms with van der Waals surface area (Å²) >= 11 is 12.1. The van der Waals surface area contributed by atoms with Gasteiger partial charge in [-0.05, 0) is 53.9 Å². The Bertz CT molecular complexity index is 1240. The fourth-order valence-electron chi connectivity index (χ4n) is 4.37. The molecule has 3 aromatic rings. The Morgan fingerprint density at radius 1 is 1.09 bits per heavy atom. The van der Waals surface area contributed by atoms with Gasteiger partial charge in [-0.15, -0.1) is 0 Å². The molecule has 0 aliphatic carbocycles. The van der Waals surface area contributed by atoms with E-state index >= 15 is 0 Å². The molecule has 3 aromatic carbocycles. The zero-order valence-corrected chi connectivity index (χ0v) is 20.6. The Morgan fingerprint density at radius 2 is 1.80 bits per heavy atom. The van der Waals surface area contributed by atoms with Gasteiger partial charge >= 0.3 is 5.97 Å². The molecule has 0 unspecified atom stereocenters. The quantitative estimate of drug-likeness (QED) is 0.416. The molecule has 0 spiro atoms. The van der Waals surface area contributed by atoms with E-state index < -0.39 is 29.8 Å². The largest absolute Gasteiger partial charge is 0.487 e. The molecule has 1 amide bonds. The van der Waals surface area contributed by atoms with Gasteiger partial charge in [0.25, 0.3) is 0 Å². The van der Waals surface area contributed by atoms with Gasteiger partial charge in [0.1, 0.15) is 23.7 Å². The van der Waals surface area contributed by atoms with Crippen molar-refractivity contribution in [2.24, 2.45) is 0 Å². The van der Waals surface area contributed by atoms with E-state index in [4.69, 9.17) is 27.9 Å². The summed E-state index contributed by atoms with van der Waals surface area (Å²) in [5.74, 6) is -1.45. The molecule has 1 N–H and O–H groups in total. The second-order valence-corrected chi connectivity index (χ2v) is 9.84. The van der Waals surface area contributed by atoms with Crippen LogP contribution in [-0.2, 0) is 35.4 Å². The van der Waals surface area contributed by atoms with Gasteiger partial charge in [-0.3, -0.25) is 9.59 Å². The number of nitrogens with zero attached hydrogens (tertiary/aromatic N) is 1. The molecule has 0 saturated carbocycles. The second kappa shape index (κ2) is 10.3. The van der Waals surface area contributed by atoms with E-state index in [-0.39, 0.29) is 23.6 Å². The first-order chi connectivity index (χ1) is 16.6. The van der Waals surface area contributed by atoms with Crippen molar-refractivity contribution in [1.82, 2.24) is 4.90 Å². The average molecular weight is 516 g/mol. The van der Waals surface area contributed by atoms with Gasteiger partial charge in [-0.2, -0.15) is 0 Å². The first-order valence-corrected chi connectivity index (χ1v) is 11.9. The topological polar surface area (TPSA) is 66.8 Å². The van der Waals surface area contributed by atoms with E-state index in [9.17, 15) is 19.1 Å². The lowest BCUT2D eigenvalue weighted by atomic mass is 9.91. The van der Waals surface area contributed by atoms with E-state index in [1.54, 1.807) is 6.07 Å². The Labute approximate surface area is 213 Å². The van der Waals surface area contributed by atoms with E-state index in [1.165, 1.54) is 18.2 Å². The van der Waals surface area contributed by atoms with E-state index in [2.05, 4.69) is 0 Å². The number of hydrogen-bond donors (Lipinski definition) is 1. The van der Waals surface area contributed by atoms with Crippen LogP contribution in [0.15, 0.2) is 60.7 Å². The van der Waals surface area contributed by atoms with Crippen LogP contribution in [-0.4, -0.2) is 34.0 Å². The fourth-order valence-corrected chi connectivity index (χ4v) is 4.72. The number of rotatable bonds is 8. The minimum atomic E-state index is -1.19. The van der Waals surface area contributed by atoms with Crippen molar-refractivity contribution in [3.8, 4) is 5.75 Å². The number of carboxylic acid groups (broad SMARTS) is 1. The van der Waals surface area contributed by atoms with Crippen molar-refractivity contribution in [3.05, 3.63) is 98.8 Å². The highest BCUT2D eigenvalue weighted by Gasteiger charge is 2.35. The van der Waals surface area contributed by atoms with Crippen LogP contribution in [0.25, 0.3) is 0 Å². The molecular formula is C27H24Cl2FNO4. The van der Waals surface area contributed by atoms with Gasteiger partial charge in [0.15, 0.2) is 0 Å². The number of ether oxygens (including phenoxy) is 1. The predicted molar refractivity (Wildman–Crippen MR) is 133 cm³/mol. The number of benzene rings is 3. The molecule has 0 bridgehead atoms. The zero-order chi connectivity index (χ0) is 25.2. The first kappa shape index (κ1) is 25.0. The highest BCUT2D eigenvalue weighted by Crippen LogP contribution is 2.37. The summed E-state index contributed by atoms with van der Waals surface area (Å²) in [6, 6.07) is 17.4. The maximum absolute atomic E-state index is 14.2. The monoisotopic (exact) mass is 515 g/mol. The Hall–Kier alpha value is -3.09. The Kier molecular flexibility index (Phi) is 7.33. The number of halogens is 3. The number of amides is 1. The van der Waals surface area contributed by atoms with E-state index in [1.807, 2.05) is 43.3 Å². The lowest BCUT2D eigenvalue weighted by Crippen LogP contribution is -2.36. The third kappa shape index (κ3) is 6.13. The lowest BCUT2D eigenvalue weighted by molar-refractivity contribution is -0.144. The van der Waals surface area contributed by atoms with Gasteiger partial charge in [-0.25, -0.2) is 4.39 Å². The normalized spacial score (nSPS) is 16.5. The van der Waals surface area contributed by atoms with Gasteiger partial charge in [-0.1, -0.05) is 53.5 Å². The molecule has 1 aliphatic rings. The van der Waals surface area contributed by atoms with Crippen LogP contribution in [0.2, 0.25) is 10.0 Å². The third-order valence-corrected chi connectivity index (χ3v) is 6.59. The smallest absolute Gasteiger partial charge is 0.323 e. The summed E-state index contributed by atoms with van der Waals surface area (Å²) in [5.41, 5.74) is 2.47. The van der Waals surface area contributed by atoms with Crippen molar-refractivity contribution in [2.45, 2.75) is 38.3 Å². The van der Waals surface area contributed by atoms with Crippen LogP contribution in [0, 0.1) is 5.82 Å². The number of aliphatic carboxylic acids is 1. The van der Waals surface area contributed by atoms with Gasteiger partial charge in [0.05, 0.1) is 13.0 Å². The SMILES string of the molecule is C[C@@]1(Cc2ccc(Cl)cc2)Cc2cc(CC(=O)N(CC(=O)O)Cc3c(F)cccc3Cl)ccc2O1. The second-order valence-electron chi connectivity index (χ2n) is 8.99. The summed E-state index contributed by atoms with van der Waals surface area (Å²) in [6.07, 6.45) is 1.33. The molecule has 1 aliphatic heterocycles. The highest BCUT2D eigenvalue weighted by molar-refractivity contribution is 6.31. The predicted octanol–water partition coefficient (Wildman–Crippen LogP) is 5.72. The number of carbonyl (C=O) groups is 2. The van der Waals surface area contributed by atoms with E-state index in [0.29, 0.717) is 17.9 Å². The summed E-state index contributed by atoms with van der Waals surface area (Å²) in [4.78, 5) is 25.5. The first-order valence-electron chi connectivity index (χ1n) is 11.1. The molecule has 35 heavy (non-hydrogen) atoms. The van der Waals surface area contributed by atoms with Crippen molar-refractivity contribution in [1.29, 1.82) is 0 Å². The maximum atomic E-state index is 14.2. The zero-order valence-electron chi connectivity index (χ0n) is 19.1. The molecule has 0 radical (unpaired) electrons. The Balaban J connectivity index is 1.47. The molecule has 182 valence electrons. The molecule has 8 heteroatoms. The molecule has 0 fully saturated rings. The minimum absolute atomic E-state index is 0.0273. The van der Waals surface area contributed by atoms with Crippen molar-refractivity contribution < 1.29 is 23.8 Å².